The Balaban J connectivity index is 2.62. The standard InChI is InChI=1S/C15H18O2/c1-3-13(11-16)10-15(4-2)17-12-14-8-6-5-7-9-14/h3-10,16H,2,11-12H2,1H3/b13-3+,15-10+. The van der Waals surface area contributed by atoms with E-state index in [9.17, 15) is 0 Å². The van der Waals surface area contributed by atoms with E-state index in [2.05, 4.69) is 6.58 Å². The van der Waals surface area contributed by atoms with Gasteiger partial charge in [-0.2, -0.15) is 0 Å². The van der Waals surface area contributed by atoms with Gasteiger partial charge < -0.3 is 9.84 Å². The highest BCUT2D eigenvalue weighted by atomic mass is 16.5. The van der Waals surface area contributed by atoms with Crippen LogP contribution in [0.25, 0.3) is 0 Å². The molecule has 0 saturated heterocycles. The van der Waals surface area contributed by atoms with E-state index >= 15 is 0 Å². The fourth-order valence-electron chi connectivity index (χ4n) is 1.30. The minimum absolute atomic E-state index is 0.00252. The summed E-state index contributed by atoms with van der Waals surface area (Å²) >= 11 is 0. The van der Waals surface area contributed by atoms with E-state index in [1.807, 2.05) is 43.3 Å². The molecule has 1 aromatic carbocycles. The van der Waals surface area contributed by atoms with Crippen molar-refractivity contribution >= 4 is 0 Å². The molecule has 1 aromatic rings. The summed E-state index contributed by atoms with van der Waals surface area (Å²) in [6.07, 6.45) is 5.27. The van der Waals surface area contributed by atoms with Crippen molar-refractivity contribution in [1.29, 1.82) is 0 Å². The van der Waals surface area contributed by atoms with E-state index in [1.165, 1.54) is 0 Å². The Morgan fingerprint density at radius 3 is 2.59 bits per heavy atom. The van der Waals surface area contributed by atoms with Crippen LogP contribution in [0.2, 0.25) is 0 Å². The monoisotopic (exact) mass is 230 g/mol. The molecule has 0 radical (unpaired) electrons. The molecule has 0 aromatic heterocycles. The summed E-state index contributed by atoms with van der Waals surface area (Å²) in [4.78, 5) is 0. The number of allylic oxidation sites excluding steroid dienone is 2. The predicted octanol–water partition coefficient (Wildman–Crippen LogP) is 3.21. The van der Waals surface area contributed by atoms with Gasteiger partial charge in [0.15, 0.2) is 0 Å². The highest BCUT2D eigenvalue weighted by molar-refractivity contribution is 5.26. The average molecular weight is 230 g/mol. The molecule has 0 aliphatic carbocycles. The van der Waals surface area contributed by atoms with Gasteiger partial charge in [-0.15, -0.1) is 0 Å². The van der Waals surface area contributed by atoms with Gasteiger partial charge in [-0.3, -0.25) is 0 Å². The number of ether oxygens (including phenoxy) is 1. The molecule has 0 bridgehead atoms. The second-order valence-corrected chi connectivity index (χ2v) is 3.55. The lowest BCUT2D eigenvalue weighted by Crippen LogP contribution is -1.94. The molecular weight excluding hydrogens is 212 g/mol. The average Bonchev–Trinajstić information content (AvgIpc) is 2.40. The van der Waals surface area contributed by atoms with Crippen LogP contribution in [0.15, 0.2) is 66.5 Å². The maximum atomic E-state index is 9.05. The van der Waals surface area contributed by atoms with Crippen LogP contribution in [0.1, 0.15) is 12.5 Å². The Hall–Kier alpha value is -1.80. The summed E-state index contributed by atoms with van der Waals surface area (Å²) in [6, 6.07) is 9.92. The third-order valence-corrected chi connectivity index (χ3v) is 2.33. The predicted molar refractivity (Wildman–Crippen MR) is 70.4 cm³/mol. The Morgan fingerprint density at radius 1 is 1.35 bits per heavy atom. The first-order valence-corrected chi connectivity index (χ1v) is 5.57. The lowest BCUT2D eigenvalue weighted by atomic mass is 10.2. The first kappa shape index (κ1) is 13.3. The molecule has 1 rings (SSSR count). The largest absolute Gasteiger partial charge is 0.489 e. The summed E-state index contributed by atoms with van der Waals surface area (Å²) in [5, 5.41) is 9.05. The number of aliphatic hydroxyl groups is 1. The molecule has 0 aliphatic heterocycles. The Kier molecular flexibility index (Phi) is 5.83. The van der Waals surface area contributed by atoms with Crippen molar-refractivity contribution in [2.24, 2.45) is 0 Å². The normalized spacial score (nSPS) is 12.4. The zero-order valence-corrected chi connectivity index (χ0v) is 10.1. The Bertz CT molecular complexity index is 402. The highest BCUT2D eigenvalue weighted by Gasteiger charge is 1.97. The first-order valence-electron chi connectivity index (χ1n) is 5.57. The topological polar surface area (TPSA) is 29.5 Å². The van der Waals surface area contributed by atoms with Crippen LogP contribution in [-0.4, -0.2) is 11.7 Å². The molecule has 0 spiro atoms. The maximum Gasteiger partial charge on any atom is 0.119 e. The molecule has 2 nitrogen and oxygen atoms in total. The van der Waals surface area contributed by atoms with Gasteiger partial charge in [-0.1, -0.05) is 43.0 Å². The number of aliphatic hydroxyl groups excluding tert-OH is 1. The van der Waals surface area contributed by atoms with E-state index in [-0.39, 0.29) is 6.61 Å². The fraction of sp³-hybridized carbons (Fsp3) is 0.200. The van der Waals surface area contributed by atoms with Crippen molar-refractivity contribution in [3.63, 3.8) is 0 Å². The van der Waals surface area contributed by atoms with E-state index in [0.29, 0.717) is 12.4 Å². The van der Waals surface area contributed by atoms with E-state index < -0.39 is 0 Å². The number of hydrogen-bond donors (Lipinski definition) is 1. The molecule has 0 atom stereocenters. The molecule has 0 heterocycles. The highest BCUT2D eigenvalue weighted by Crippen LogP contribution is 2.09. The molecule has 0 amide bonds. The van der Waals surface area contributed by atoms with Gasteiger partial charge in [0, 0.05) is 0 Å². The van der Waals surface area contributed by atoms with Crippen LogP contribution in [0.5, 0.6) is 0 Å². The third kappa shape index (κ3) is 4.70. The van der Waals surface area contributed by atoms with Crippen molar-refractivity contribution in [2.75, 3.05) is 6.61 Å². The minimum atomic E-state index is 0.00252. The van der Waals surface area contributed by atoms with Gasteiger partial charge in [0.1, 0.15) is 12.4 Å². The molecule has 0 fully saturated rings. The molecule has 0 saturated carbocycles. The van der Waals surface area contributed by atoms with Crippen molar-refractivity contribution in [2.45, 2.75) is 13.5 Å². The van der Waals surface area contributed by atoms with Crippen molar-refractivity contribution in [3.05, 3.63) is 72.0 Å². The Labute approximate surface area is 103 Å². The van der Waals surface area contributed by atoms with E-state index in [4.69, 9.17) is 9.84 Å². The second kappa shape index (κ2) is 7.47. The number of hydrogen-bond acceptors (Lipinski definition) is 2. The molecule has 90 valence electrons. The molecule has 1 N–H and O–H groups in total. The van der Waals surface area contributed by atoms with Crippen molar-refractivity contribution < 1.29 is 9.84 Å². The van der Waals surface area contributed by atoms with Crippen LogP contribution < -0.4 is 0 Å². The van der Waals surface area contributed by atoms with Crippen molar-refractivity contribution in [3.8, 4) is 0 Å². The molecule has 17 heavy (non-hydrogen) atoms. The summed E-state index contributed by atoms with van der Waals surface area (Å²) < 4.78 is 5.60. The maximum absolute atomic E-state index is 9.05. The molecule has 0 unspecified atom stereocenters. The smallest absolute Gasteiger partial charge is 0.119 e. The lowest BCUT2D eigenvalue weighted by molar-refractivity contribution is 0.210. The summed E-state index contributed by atoms with van der Waals surface area (Å²) in [6.45, 7) is 6.07. The van der Waals surface area contributed by atoms with Gasteiger partial charge in [-0.05, 0) is 30.2 Å². The lowest BCUT2D eigenvalue weighted by Gasteiger charge is -2.07. The SMILES string of the molecule is C=C/C(=C\C(=C/C)CO)OCc1ccccc1. The van der Waals surface area contributed by atoms with E-state index in [0.717, 1.165) is 11.1 Å². The van der Waals surface area contributed by atoms with Crippen LogP contribution in [0.4, 0.5) is 0 Å². The molecule has 2 heteroatoms. The van der Waals surface area contributed by atoms with Gasteiger partial charge in [0.2, 0.25) is 0 Å². The Morgan fingerprint density at radius 2 is 2.06 bits per heavy atom. The van der Waals surface area contributed by atoms with Gasteiger partial charge in [0.05, 0.1) is 6.61 Å². The van der Waals surface area contributed by atoms with Gasteiger partial charge in [-0.25, -0.2) is 0 Å². The number of benzene rings is 1. The second-order valence-electron chi connectivity index (χ2n) is 3.55. The third-order valence-electron chi connectivity index (χ3n) is 2.33. The van der Waals surface area contributed by atoms with Crippen LogP contribution in [0, 0.1) is 0 Å². The van der Waals surface area contributed by atoms with Gasteiger partial charge in [0.25, 0.3) is 0 Å². The van der Waals surface area contributed by atoms with Crippen LogP contribution in [-0.2, 0) is 11.3 Å². The fourth-order valence-corrected chi connectivity index (χ4v) is 1.30. The summed E-state index contributed by atoms with van der Waals surface area (Å²) in [7, 11) is 0. The van der Waals surface area contributed by atoms with E-state index in [1.54, 1.807) is 12.2 Å². The zero-order valence-electron chi connectivity index (χ0n) is 10.1. The first-order chi connectivity index (χ1) is 8.30. The summed E-state index contributed by atoms with van der Waals surface area (Å²) in [5.41, 5.74) is 1.92. The van der Waals surface area contributed by atoms with Crippen molar-refractivity contribution in [1.82, 2.24) is 0 Å². The molecule has 0 aliphatic rings. The van der Waals surface area contributed by atoms with Gasteiger partial charge >= 0.3 is 0 Å². The molecular formula is C15H18O2. The quantitative estimate of drug-likeness (QED) is 0.600. The minimum Gasteiger partial charge on any atom is -0.489 e. The number of rotatable bonds is 6. The zero-order chi connectivity index (χ0) is 12.5. The van der Waals surface area contributed by atoms with Crippen LogP contribution >= 0.6 is 0 Å². The summed E-state index contributed by atoms with van der Waals surface area (Å²) in [5.74, 6) is 0.663. The van der Waals surface area contributed by atoms with Crippen LogP contribution in [0.3, 0.4) is 0 Å².